The summed E-state index contributed by atoms with van der Waals surface area (Å²) in [7, 11) is 1.77. The van der Waals surface area contributed by atoms with Crippen LogP contribution in [-0.2, 0) is 13.6 Å². The van der Waals surface area contributed by atoms with Gasteiger partial charge in [-0.15, -0.1) is 0 Å². The zero-order valence-electron chi connectivity index (χ0n) is 13.5. The van der Waals surface area contributed by atoms with Crippen LogP contribution in [0.5, 0.6) is 0 Å². The Hall–Kier alpha value is -3.41. The van der Waals surface area contributed by atoms with Crippen molar-refractivity contribution in [2.24, 2.45) is 7.05 Å². The van der Waals surface area contributed by atoms with Crippen LogP contribution in [0.25, 0.3) is 21.9 Å². The number of hydrogen-bond acceptors (Lipinski definition) is 4. The summed E-state index contributed by atoms with van der Waals surface area (Å²) in [6, 6.07) is 12.6. The summed E-state index contributed by atoms with van der Waals surface area (Å²) in [4.78, 5) is 28.8. The van der Waals surface area contributed by atoms with E-state index in [1.165, 1.54) is 0 Å². The third-order valence-electron chi connectivity index (χ3n) is 4.21. The molecule has 0 aliphatic carbocycles. The Morgan fingerprint density at radius 1 is 1.20 bits per heavy atom. The normalized spacial score (nSPS) is 11.1. The van der Waals surface area contributed by atoms with E-state index in [9.17, 15) is 9.59 Å². The molecule has 1 aromatic carbocycles. The molecule has 0 bridgehead atoms. The summed E-state index contributed by atoms with van der Waals surface area (Å²) < 4.78 is 7.07. The molecule has 0 aliphatic rings. The van der Waals surface area contributed by atoms with Gasteiger partial charge in [-0.05, 0) is 29.8 Å². The number of fused-ring (bicyclic) bond motifs is 3. The molecule has 0 aliphatic heterocycles. The molecular weight excluding hydrogens is 318 g/mol. The van der Waals surface area contributed by atoms with Gasteiger partial charge in [0, 0.05) is 31.4 Å². The average molecular weight is 333 g/mol. The van der Waals surface area contributed by atoms with E-state index in [2.05, 4.69) is 10.3 Å². The van der Waals surface area contributed by atoms with Crippen molar-refractivity contribution in [2.45, 2.75) is 6.54 Å². The summed E-state index contributed by atoms with van der Waals surface area (Å²) in [5.41, 5.74) is 2.06. The predicted octanol–water partition coefficient (Wildman–Crippen LogP) is 2.61. The number of carbonyl (C=O) groups excluding carboxylic acids is 1. The molecule has 0 spiro atoms. The second-order valence-electron chi connectivity index (χ2n) is 5.78. The molecule has 6 heteroatoms. The first kappa shape index (κ1) is 15.1. The molecule has 4 aromatic rings. The number of carbonyl (C=O) groups is 1. The van der Waals surface area contributed by atoms with Gasteiger partial charge in [-0.25, -0.2) is 4.79 Å². The quantitative estimate of drug-likeness (QED) is 0.585. The van der Waals surface area contributed by atoms with Crippen molar-refractivity contribution >= 4 is 27.8 Å². The van der Waals surface area contributed by atoms with E-state index in [-0.39, 0.29) is 5.91 Å². The van der Waals surface area contributed by atoms with Crippen LogP contribution in [0.2, 0.25) is 0 Å². The Labute approximate surface area is 142 Å². The second-order valence-corrected chi connectivity index (χ2v) is 5.78. The third kappa shape index (κ3) is 2.57. The highest BCUT2D eigenvalue weighted by Crippen LogP contribution is 2.25. The van der Waals surface area contributed by atoms with Crippen LogP contribution in [0, 0.1) is 0 Å². The molecule has 3 heterocycles. The summed E-state index contributed by atoms with van der Waals surface area (Å²) >= 11 is 0. The van der Waals surface area contributed by atoms with Crippen LogP contribution < -0.4 is 10.9 Å². The zero-order valence-corrected chi connectivity index (χ0v) is 13.5. The van der Waals surface area contributed by atoms with Crippen LogP contribution >= 0.6 is 0 Å². The van der Waals surface area contributed by atoms with Crippen molar-refractivity contribution in [3.05, 3.63) is 76.5 Å². The van der Waals surface area contributed by atoms with Crippen molar-refractivity contribution in [1.82, 2.24) is 14.9 Å². The SMILES string of the molecule is Cn1c(C(=O)NCc2cccnc2)cc2c(=O)oc3ccccc3c21. The topological polar surface area (TPSA) is 77.1 Å². The minimum atomic E-state index is -0.449. The van der Waals surface area contributed by atoms with Gasteiger partial charge in [-0.3, -0.25) is 9.78 Å². The highest BCUT2D eigenvalue weighted by atomic mass is 16.4. The molecule has 4 rings (SSSR count). The third-order valence-corrected chi connectivity index (χ3v) is 4.21. The van der Waals surface area contributed by atoms with Gasteiger partial charge < -0.3 is 14.3 Å². The Morgan fingerprint density at radius 3 is 2.84 bits per heavy atom. The van der Waals surface area contributed by atoms with E-state index in [1.807, 2.05) is 30.3 Å². The summed E-state index contributed by atoms with van der Waals surface area (Å²) in [5, 5.41) is 4.05. The van der Waals surface area contributed by atoms with Gasteiger partial charge in [0.25, 0.3) is 5.91 Å². The van der Waals surface area contributed by atoms with Gasteiger partial charge in [0.15, 0.2) is 0 Å². The van der Waals surface area contributed by atoms with Gasteiger partial charge >= 0.3 is 5.63 Å². The molecule has 0 saturated heterocycles. The van der Waals surface area contributed by atoms with Gasteiger partial charge in [-0.1, -0.05) is 18.2 Å². The van der Waals surface area contributed by atoms with Gasteiger partial charge in [0.2, 0.25) is 0 Å². The lowest BCUT2D eigenvalue weighted by Crippen LogP contribution is -2.24. The molecule has 3 aromatic heterocycles. The first-order valence-corrected chi connectivity index (χ1v) is 7.83. The molecule has 0 radical (unpaired) electrons. The molecule has 0 fully saturated rings. The number of nitrogens with one attached hydrogen (secondary N) is 1. The van der Waals surface area contributed by atoms with E-state index in [4.69, 9.17) is 4.42 Å². The molecule has 1 amide bonds. The van der Waals surface area contributed by atoms with Crippen LogP contribution in [-0.4, -0.2) is 15.5 Å². The lowest BCUT2D eigenvalue weighted by Gasteiger charge is -2.07. The van der Waals surface area contributed by atoms with E-state index in [0.29, 0.717) is 28.7 Å². The maximum Gasteiger partial charge on any atom is 0.345 e. The minimum absolute atomic E-state index is 0.258. The lowest BCUT2D eigenvalue weighted by atomic mass is 10.2. The molecule has 0 unspecified atom stereocenters. The molecule has 1 N–H and O–H groups in total. The van der Waals surface area contributed by atoms with Gasteiger partial charge in [0.05, 0.1) is 10.9 Å². The van der Waals surface area contributed by atoms with Gasteiger partial charge in [0.1, 0.15) is 11.3 Å². The summed E-state index contributed by atoms with van der Waals surface area (Å²) in [6.45, 7) is 0.365. The Kier molecular flexibility index (Phi) is 3.57. The van der Waals surface area contributed by atoms with E-state index >= 15 is 0 Å². The van der Waals surface area contributed by atoms with Crippen LogP contribution in [0.4, 0.5) is 0 Å². The van der Waals surface area contributed by atoms with E-state index in [0.717, 1.165) is 10.9 Å². The fourth-order valence-electron chi connectivity index (χ4n) is 2.98. The van der Waals surface area contributed by atoms with Crippen LogP contribution in [0.3, 0.4) is 0 Å². The van der Waals surface area contributed by atoms with Crippen molar-refractivity contribution < 1.29 is 9.21 Å². The maximum absolute atomic E-state index is 12.6. The number of pyridine rings is 1. The molecular formula is C19H15N3O3. The molecule has 6 nitrogen and oxygen atoms in total. The van der Waals surface area contributed by atoms with Crippen LogP contribution in [0.1, 0.15) is 16.1 Å². The number of para-hydroxylation sites is 1. The van der Waals surface area contributed by atoms with Crippen molar-refractivity contribution in [3.63, 3.8) is 0 Å². The highest BCUT2D eigenvalue weighted by molar-refractivity contribution is 6.07. The standard InChI is InChI=1S/C19H15N3O3/c1-22-15(18(23)21-11-12-5-4-8-20-10-12)9-14-17(22)13-6-2-3-7-16(13)25-19(14)24/h2-10H,11H2,1H3,(H,21,23). The Balaban J connectivity index is 1.76. The molecule has 25 heavy (non-hydrogen) atoms. The van der Waals surface area contributed by atoms with Gasteiger partial charge in [-0.2, -0.15) is 0 Å². The summed E-state index contributed by atoms with van der Waals surface area (Å²) in [5.74, 6) is -0.258. The number of hydrogen-bond donors (Lipinski definition) is 1. The fourth-order valence-corrected chi connectivity index (χ4v) is 2.98. The second kappa shape index (κ2) is 5.90. The Morgan fingerprint density at radius 2 is 2.04 bits per heavy atom. The fraction of sp³-hybridized carbons (Fsp3) is 0.105. The predicted molar refractivity (Wildman–Crippen MR) is 94.4 cm³/mol. The maximum atomic E-state index is 12.6. The monoisotopic (exact) mass is 333 g/mol. The smallest absolute Gasteiger partial charge is 0.345 e. The Bertz CT molecular complexity index is 1140. The zero-order chi connectivity index (χ0) is 17.4. The first-order valence-electron chi connectivity index (χ1n) is 7.83. The van der Waals surface area contributed by atoms with Crippen molar-refractivity contribution in [1.29, 1.82) is 0 Å². The molecule has 124 valence electrons. The minimum Gasteiger partial charge on any atom is -0.422 e. The number of nitrogens with zero attached hydrogens (tertiary/aromatic N) is 2. The largest absolute Gasteiger partial charge is 0.422 e. The molecule has 0 saturated carbocycles. The average Bonchev–Trinajstić information content (AvgIpc) is 2.99. The van der Waals surface area contributed by atoms with Crippen molar-refractivity contribution in [2.75, 3.05) is 0 Å². The number of amides is 1. The lowest BCUT2D eigenvalue weighted by molar-refractivity contribution is 0.0943. The van der Waals surface area contributed by atoms with E-state index < -0.39 is 5.63 Å². The van der Waals surface area contributed by atoms with E-state index in [1.54, 1.807) is 36.1 Å². The number of aromatic nitrogens is 2. The summed E-state index contributed by atoms with van der Waals surface area (Å²) in [6.07, 6.45) is 3.38. The first-order chi connectivity index (χ1) is 12.1. The van der Waals surface area contributed by atoms with Crippen LogP contribution in [0.15, 0.2) is 64.1 Å². The molecule has 0 atom stereocenters. The number of aryl methyl sites for hydroxylation is 1. The van der Waals surface area contributed by atoms with Crippen molar-refractivity contribution in [3.8, 4) is 0 Å². The highest BCUT2D eigenvalue weighted by Gasteiger charge is 2.18. The number of benzene rings is 1. The number of rotatable bonds is 3.